The van der Waals surface area contributed by atoms with Gasteiger partial charge in [0.2, 0.25) is 5.91 Å². The predicted molar refractivity (Wildman–Crippen MR) is 112 cm³/mol. The molecule has 0 radical (unpaired) electrons. The smallest absolute Gasteiger partial charge is 0.407 e. The number of hydrogen-bond acceptors (Lipinski definition) is 4. The van der Waals surface area contributed by atoms with Gasteiger partial charge in [0.15, 0.2) is 0 Å². The first-order chi connectivity index (χ1) is 14.5. The van der Waals surface area contributed by atoms with Crippen molar-refractivity contribution < 1.29 is 24.2 Å². The molecule has 0 aromatic heterocycles. The second-order valence-electron chi connectivity index (χ2n) is 7.12. The van der Waals surface area contributed by atoms with Crippen molar-refractivity contribution >= 4 is 18.0 Å². The van der Waals surface area contributed by atoms with Gasteiger partial charge in [-0.25, -0.2) is 4.79 Å². The van der Waals surface area contributed by atoms with E-state index in [0.717, 1.165) is 22.3 Å². The minimum atomic E-state index is -0.983. The highest BCUT2D eigenvalue weighted by atomic mass is 16.5. The molecule has 0 saturated carbocycles. The fourth-order valence-electron chi connectivity index (χ4n) is 3.56. The number of amides is 2. The van der Waals surface area contributed by atoms with Crippen LogP contribution in [-0.2, 0) is 14.3 Å². The molecule has 0 aliphatic heterocycles. The number of carbonyl (C=O) groups is 3. The molecule has 0 fully saturated rings. The van der Waals surface area contributed by atoms with Crippen LogP contribution in [0.1, 0.15) is 30.4 Å². The Labute approximate surface area is 174 Å². The first kappa shape index (κ1) is 21.1. The Morgan fingerprint density at radius 1 is 1.07 bits per heavy atom. The molecule has 0 bridgehead atoms. The minimum Gasteiger partial charge on any atom is -0.481 e. The molecule has 0 heterocycles. The summed E-state index contributed by atoms with van der Waals surface area (Å²) in [4.78, 5) is 34.3. The van der Waals surface area contributed by atoms with Gasteiger partial charge in [-0.15, -0.1) is 0 Å². The Morgan fingerprint density at radius 2 is 1.67 bits per heavy atom. The summed E-state index contributed by atoms with van der Waals surface area (Å²) in [5, 5.41) is 13.8. The van der Waals surface area contributed by atoms with E-state index < -0.39 is 24.0 Å². The summed E-state index contributed by atoms with van der Waals surface area (Å²) in [6, 6.07) is 15.7. The van der Waals surface area contributed by atoms with Crippen molar-refractivity contribution in [3.05, 3.63) is 71.8 Å². The van der Waals surface area contributed by atoms with Crippen LogP contribution in [0.5, 0.6) is 0 Å². The van der Waals surface area contributed by atoms with Crippen LogP contribution < -0.4 is 10.6 Å². The quantitative estimate of drug-likeness (QED) is 0.583. The molecule has 7 nitrogen and oxygen atoms in total. The molecule has 3 rings (SSSR count). The van der Waals surface area contributed by atoms with Crippen LogP contribution in [-0.4, -0.2) is 42.3 Å². The summed E-state index contributed by atoms with van der Waals surface area (Å²) in [6.07, 6.45) is 2.00. The number of rotatable bonds is 8. The average molecular weight is 408 g/mol. The molecule has 7 heteroatoms. The number of alkyl carbamates (subject to hydrolysis) is 1. The van der Waals surface area contributed by atoms with E-state index in [-0.39, 0.29) is 25.5 Å². The van der Waals surface area contributed by atoms with Crippen LogP contribution >= 0.6 is 0 Å². The second kappa shape index (κ2) is 9.73. The zero-order valence-electron chi connectivity index (χ0n) is 16.6. The Morgan fingerprint density at radius 3 is 2.27 bits per heavy atom. The maximum absolute atomic E-state index is 12.0. The molecule has 0 saturated heterocycles. The molecule has 0 spiro atoms. The van der Waals surface area contributed by atoms with Crippen LogP contribution in [0.25, 0.3) is 11.1 Å². The lowest BCUT2D eigenvalue weighted by atomic mass is 9.98. The van der Waals surface area contributed by atoms with Gasteiger partial charge in [0.1, 0.15) is 6.61 Å². The number of aliphatic carboxylic acids is 1. The van der Waals surface area contributed by atoms with Crippen LogP contribution in [0.15, 0.2) is 60.7 Å². The number of ether oxygens (including phenoxy) is 1. The van der Waals surface area contributed by atoms with Crippen molar-refractivity contribution in [3.8, 4) is 11.1 Å². The molecule has 156 valence electrons. The third kappa shape index (κ3) is 5.26. The molecule has 1 aliphatic rings. The summed E-state index contributed by atoms with van der Waals surface area (Å²) in [5.41, 5.74) is 4.60. The number of carboxylic acids is 1. The van der Waals surface area contributed by atoms with E-state index in [0.29, 0.717) is 0 Å². The third-order valence-corrected chi connectivity index (χ3v) is 4.85. The van der Waals surface area contributed by atoms with Crippen LogP contribution in [0.4, 0.5) is 4.79 Å². The van der Waals surface area contributed by atoms with Gasteiger partial charge in [-0.2, -0.15) is 0 Å². The molecule has 30 heavy (non-hydrogen) atoms. The van der Waals surface area contributed by atoms with E-state index >= 15 is 0 Å². The van der Waals surface area contributed by atoms with Crippen molar-refractivity contribution in [1.29, 1.82) is 0 Å². The van der Waals surface area contributed by atoms with Gasteiger partial charge in [-0.3, -0.25) is 9.59 Å². The standard InChI is InChI=1S/C23H24N2O5/c1-15(13-22(27)28)25-21(26)11-6-12-24-23(29)30-14-20-18-9-4-2-7-16(18)17-8-3-5-10-19(17)20/h2-11,15,20H,12-14H2,1H3,(H,24,29)(H,25,26)(H,27,28)/b11-6+/t15-/m1/s1. The van der Waals surface area contributed by atoms with E-state index in [2.05, 4.69) is 22.8 Å². The van der Waals surface area contributed by atoms with E-state index in [1.807, 2.05) is 36.4 Å². The highest BCUT2D eigenvalue weighted by Crippen LogP contribution is 2.44. The van der Waals surface area contributed by atoms with Gasteiger partial charge in [0.05, 0.1) is 6.42 Å². The molecule has 2 aromatic carbocycles. The van der Waals surface area contributed by atoms with Gasteiger partial charge in [-0.1, -0.05) is 54.6 Å². The van der Waals surface area contributed by atoms with Crippen LogP contribution in [0, 0.1) is 0 Å². The number of fused-ring (bicyclic) bond motifs is 3. The maximum Gasteiger partial charge on any atom is 0.407 e. The van der Waals surface area contributed by atoms with E-state index in [1.165, 1.54) is 12.2 Å². The lowest BCUT2D eigenvalue weighted by Gasteiger charge is -2.14. The molecule has 3 N–H and O–H groups in total. The molecule has 1 aliphatic carbocycles. The number of hydrogen-bond donors (Lipinski definition) is 3. The number of carbonyl (C=O) groups excluding carboxylic acids is 2. The fourth-order valence-corrected chi connectivity index (χ4v) is 3.56. The maximum atomic E-state index is 12.0. The molecular formula is C23H24N2O5. The van der Waals surface area contributed by atoms with E-state index in [4.69, 9.17) is 9.84 Å². The van der Waals surface area contributed by atoms with Gasteiger partial charge in [0, 0.05) is 24.6 Å². The van der Waals surface area contributed by atoms with Gasteiger partial charge < -0.3 is 20.5 Å². The predicted octanol–water partition coefficient (Wildman–Crippen LogP) is 3.06. The molecule has 1 atom stereocenters. The number of benzene rings is 2. The van der Waals surface area contributed by atoms with Crippen molar-refractivity contribution in [2.75, 3.05) is 13.2 Å². The molecule has 2 aromatic rings. The van der Waals surface area contributed by atoms with Crippen molar-refractivity contribution in [2.24, 2.45) is 0 Å². The summed E-state index contributed by atoms with van der Waals surface area (Å²) >= 11 is 0. The highest BCUT2D eigenvalue weighted by molar-refractivity contribution is 5.88. The molecule has 2 amide bonds. The van der Waals surface area contributed by atoms with Gasteiger partial charge >= 0.3 is 12.1 Å². The van der Waals surface area contributed by atoms with Crippen LogP contribution in [0.3, 0.4) is 0 Å². The Hall–Kier alpha value is -3.61. The number of carboxylic acid groups (broad SMARTS) is 1. The normalized spacial score (nSPS) is 13.4. The SMILES string of the molecule is C[C@H](CC(=O)O)NC(=O)/C=C/CNC(=O)OCC1c2ccccc2-c2ccccc21. The van der Waals surface area contributed by atoms with Crippen molar-refractivity contribution in [1.82, 2.24) is 10.6 Å². The Kier molecular flexibility index (Phi) is 6.85. The summed E-state index contributed by atoms with van der Waals surface area (Å²) in [5.74, 6) is -1.41. The van der Waals surface area contributed by atoms with E-state index in [9.17, 15) is 14.4 Å². The lowest BCUT2D eigenvalue weighted by Crippen LogP contribution is -2.33. The summed E-state index contributed by atoms with van der Waals surface area (Å²) in [7, 11) is 0. The third-order valence-electron chi connectivity index (χ3n) is 4.85. The zero-order chi connectivity index (χ0) is 21.5. The highest BCUT2D eigenvalue weighted by Gasteiger charge is 2.28. The molecule has 0 unspecified atom stereocenters. The number of nitrogens with one attached hydrogen (secondary N) is 2. The fraction of sp³-hybridized carbons (Fsp3) is 0.261. The van der Waals surface area contributed by atoms with Gasteiger partial charge in [-0.05, 0) is 29.2 Å². The van der Waals surface area contributed by atoms with Crippen LogP contribution in [0.2, 0.25) is 0 Å². The Balaban J connectivity index is 1.46. The summed E-state index contributed by atoms with van der Waals surface area (Å²) in [6.45, 7) is 1.95. The van der Waals surface area contributed by atoms with E-state index in [1.54, 1.807) is 6.92 Å². The second-order valence-corrected chi connectivity index (χ2v) is 7.12. The monoisotopic (exact) mass is 408 g/mol. The Bertz CT molecular complexity index is 924. The van der Waals surface area contributed by atoms with Crippen molar-refractivity contribution in [3.63, 3.8) is 0 Å². The topological polar surface area (TPSA) is 105 Å². The first-order valence-electron chi connectivity index (χ1n) is 9.73. The molecular weight excluding hydrogens is 384 g/mol. The minimum absolute atomic E-state index is 0.0137. The largest absolute Gasteiger partial charge is 0.481 e. The lowest BCUT2D eigenvalue weighted by molar-refractivity contribution is -0.137. The van der Waals surface area contributed by atoms with Gasteiger partial charge in [0.25, 0.3) is 0 Å². The average Bonchev–Trinajstić information content (AvgIpc) is 3.03. The first-order valence-corrected chi connectivity index (χ1v) is 9.73. The zero-order valence-corrected chi connectivity index (χ0v) is 16.6. The summed E-state index contributed by atoms with van der Waals surface area (Å²) < 4.78 is 5.41. The van der Waals surface area contributed by atoms with Crippen molar-refractivity contribution in [2.45, 2.75) is 25.3 Å².